The monoisotopic (exact) mass is 242 g/mol. The smallest absolute Gasteiger partial charge is 0.309 e. The van der Waals surface area contributed by atoms with Crippen molar-refractivity contribution in [1.29, 1.82) is 0 Å². The average molecular weight is 242 g/mol. The second kappa shape index (κ2) is 7.67. The van der Waals surface area contributed by atoms with Crippen molar-refractivity contribution < 1.29 is 9.53 Å². The Hall–Kier alpha value is -0.610. The minimum absolute atomic E-state index is 0.00678. The van der Waals surface area contributed by atoms with Crippen molar-refractivity contribution in [2.75, 3.05) is 45.9 Å². The van der Waals surface area contributed by atoms with Crippen LogP contribution < -0.4 is 0 Å². The summed E-state index contributed by atoms with van der Waals surface area (Å²) in [6.07, 6.45) is 1.22. The number of ether oxygens (including phenoxy) is 1. The third-order valence-corrected chi connectivity index (χ3v) is 3.23. The Kier molecular flexibility index (Phi) is 6.52. The largest absolute Gasteiger partial charge is 0.466 e. The van der Waals surface area contributed by atoms with Crippen molar-refractivity contribution in [3.63, 3.8) is 0 Å². The summed E-state index contributed by atoms with van der Waals surface area (Å²) in [4.78, 5) is 16.4. The van der Waals surface area contributed by atoms with Gasteiger partial charge in [0.25, 0.3) is 0 Å². The summed E-state index contributed by atoms with van der Waals surface area (Å²) >= 11 is 0. The van der Waals surface area contributed by atoms with E-state index in [2.05, 4.69) is 16.7 Å². The summed E-state index contributed by atoms with van der Waals surface area (Å²) in [7, 11) is 0. The summed E-state index contributed by atoms with van der Waals surface area (Å²) in [5.74, 6) is -0.0730. The number of esters is 1. The average Bonchev–Trinajstić information content (AvgIpc) is 2.32. The van der Waals surface area contributed by atoms with E-state index in [1.807, 2.05) is 13.8 Å². The lowest BCUT2D eigenvalue weighted by atomic mass is 10.1. The summed E-state index contributed by atoms with van der Waals surface area (Å²) in [6, 6.07) is 0. The van der Waals surface area contributed by atoms with Crippen molar-refractivity contribution in [3.8, 4) is 0 Å². The fourth-order valence-electron chi connectivity index (χ4n) is 2.26. The molecule has 1 aliphatic rings. The van der Waals surface area contributed by atoms with Crippen LogP contribution in [0.4, 0.5) is 0 Å². The maximum atomic E-state index is 11.5. The van der Waals surface area contributed by atoms with Gasteiger partial charge in [0.2, 0.25) is 0 Å². The zero-order valence-corrected chi connectivity index (χ0v) is 11.4. The molecule has 17 heavy (non-hydrogen) atoms. The topological polar surface area (TPSA) is 32.8 Å². The summed E-state index contributed by atoms with van der Waals surface area (Å²) in [6.45, 7) is 12.9. The summed E-state index contributed by atoms with van der Waals surface area (Å²) in [5.41, 5.74) is 0. The van der Waals surface area contributed by atoms with Gasteiger partial charge >= 0.3 is 5.97 Å². The number of piperazine rings is 1. The third kappa shape index (κ3) is 5.04. The van der Waals surface area contributed by atoms with E-state index >= 15 is 0 Å². The molecule has 0 amide bonds. The van der Waals surface area contributed by atoms with Crippen LogP contribution in [-0.2, 0) is 9.53 Å². The van der Waals surface area contributed by atoms with Gasteiger partial charge in [-0.05, 0) is 19.9 Å². The number of rotatable bonds is 6. The van der Waals surface area contributed by atoms with Crippen LogP contribution in [0.2, 0.25) is 0 Å². The van der Waals surface area contributed by atoms with Crippen LogP contribution in [-0.4, -0.2) is 61.6 Å². The molecular weight excluding hydrogens is 216 g/mol. The molecule has 0 aliphatic carbocycles. The Labute approximate surface area is 105 Å². The Bertz CT molecular complexity index is 225. The highest BCUT2D eigenvalue weighted by molar-refractivity contribution is 5.72. The first kappa shape index (κ1) is 14.5. The first-order valence-electron chi connectivity index (χ1n) is 6.78. The molecule has 1 rings (SSSR count). The van der Waals surface area contributed by atoms with E-state index in [1.54, 1.807) is 0 Å². The minimum atomic E-state index is -0.0662. The molecule has 1 unspecified atom stereocenters. The van der Waals surface area contributed by atoms with Crippen LogP contribution in [0.3, 0.4) is 0 Å². The Balaban J connectivity index is 2.23. The van der Waals surface area contributed by atoms with E-state index in [1.165, 1.54) is 13.0 Å². The van der Waals surface area contributed by atoms with Gasteiger partial charge in [0.1, 0.15) is 0 Å². The normalized spacial score (nSPS) is 20.2. The lowest BCUT2D eigenvalue weighted by Crippen LogP contribution is -2.48. The number of nitrogens with zero attached hydrogens (tertiary/aromatic N) is 2. The van der Waals surface area contributed by atoms with Crippen molar-refractivity contribution in [1.82, 2.24) is 9.80 Å². The zero-order chi connectivity index (χ0) is 12.7. The summed E-state index contributed by atoms with van der Waals surface area (Å²) < 4.78 is 5.03. The molecule has 0 bridgehead atoms. The SMILES string of the molecule is CCCN1CCN(CC(C)C(=O)OCC)CC1. The van der Waals surface area contributed by atoms with Crippen LogP contribution in [0.25, 0.3) is 0 Å². The van der Waals surface area contributed by atoms with E-state index in [0.717, 1.165) is 32.7 Å². The Morgan fingerprint density at radius 2 is 1.76 bits per heavy atom. The predicted octanol–water partition coefficient (Wildman–Crippen LogP) is 1.21. The van der Waals surface area contributed by atoms with E-state index in [9.17, 15) is 4.79 Å². The van der Waals surface area contributed by atoms with Crippen LogP contribution >= 0.6 is 0 Å². The highest BCUT2D eigenvalue weighted by Gasteiger charge is 2.21. The standard InChI is InChI=1S/C13H26N2O2/c1-4-6-14-7-9-15(10-8-14)11-12(3)13(16)17-5-2/h12H,4-11H2,1-3H3. The minimum Gasteiger partial charge on any atom is -0.466 e. The van der Waals surface area contributed by atoms with Crippen molar-refractivity contribution >= 4 is 5.97 Å². The van der Waals surface area contributed by atoms with Crippen molar-refractivity contribution in [2.24, 2.45) is 5.92 Å². The van der Waals surface area contributed by atoms with Crippen LogP contribution in [0.15, 0.2) is 0 Å². The number of hydrogen-bond acceptors (Lipinski definition) is 4. The maximum absolute atomic E-state index is 11.5. The van der Waals surface area contributed by atoms with Gasteiger partial charge in [0.05, 0.1) is 12.5 Å². The van der Waals surface area contributed by atoms with Crippen molar-refractivity contribution in [2.45, 2.75) is 27.2 Å². The van der Waals surface area contributed by atoms with Gasteiger partial charge in [-0.15, -0.1) is 0 Å². The third-order valence-electron chi connectivity index (χ3n) is 3.23. The maximum Gasteiger partial charge on any atom is 0.309 e. The molecule has 0 N–H and O–H groups in total. The second-order valence-electron chi connectivity index (χ2n) is 4.80. The molecule has 1 heterocycles. The molecule has 1 atom stereocenters. The van der Waals surface area contributed by atoms with Crippen molar-refractivity contribution in [3.05, 3.63) is 0 Å². The lowest BCUT2D eigenvalue weighted by Gasteiger charge is -2.35. The molecule has 1 saturated heterocycles. The van der Waals surface area contributed by atoms with E-state index in [-0.39, 0.29) is 11.9 Å². The highest BCUT2D eigenvalue weighted by Crippen LogP contribution is 2.07. The van der Waals surface area contributed by atoms with Gasteiger partial charge in [-0.2, -0.15) is 0 Å². The molecule has 0 spiro atoms. The first-order valence-corrected chi connectivity index (χ1v) is 6.78. The van der Waals surface area contributed by atoms with Crippen LogP contribution in [0, 0.1) is 5.92 Å². The molecule has 0 radical (unpaired) electrons. The molecule has 100 valence electrons. The molecule has 4 heteroatoms. The second-order valence-corrected chi connectivity index (χ2v) is 4.80. The molecule has 4 nitrogen and oxygen atoms in total. The van der Waals surface area contributed by atoms with Gasteiger partial charge in [0, 0.05) is 32.7 Å². The van der Waals surface area contributed by atoms with Gasteiger partial charge < -0.3 is 9.64 Å². The molecule has 0 aromatic rings. The number of carbonyl (C=O) groups is 1. The van der Waals surface area contributed by atoms with Gasteiger partial charge in [-0.25, -0.2) is 0 Å². The van der Waals surface area contributed by atoms with Gasteiger partial charge in [0.15, 0.2) is 0 Å². The van der Waals surface area contributed by atoms with E-state index in [0.29, 0.717) is 6.61 Å². The fourth-order valence-corrected chi connectivity index (χ4v) is 2.26. The summed E-state index contributed by atoms with van der Waals surface area (Å²) in [5, 5.41) is 0. The quantitative estimate of drug-likeness (QED) is 0.656. The van der Waals surface area contributed by atoms with E-state index < -0.39 is 0 Å². The lowest BCUT2D eigenvalue weighted by molar-refractivity contribution is -0.148. The molecule has 0 aromatic heterocycles. The van der Waals surface area contributed by atoms with Crippen LogP contribution in [0.5, 0.6) is 0 Å². The predicted molar refractivity (Wildman–Crippen MR) is 69.0 cm³/mol. The molecule has 0 saturated carbocycles. The number of carbonyl (C=O) groups excluding carboxylic acids is 1. The molecule has 0 aromatic carbocycles. The number of hydrogen-bond donors (Lipinski definition) is 0. The zero-order valence-electron chi connectivity index (χ0n) is 11.4. The highest BCUT2D eigenvalue weighted by atomic mass is 16.5. The molecule has 1 aliphatic heterocycles. The first-order chi connectivity index (χ1) is 8.17. The Morgan fingerprint density at radius 1 is 1.18 bits per heavy atom. The fraction of sp³-hybridized carbons (Fsp3) is 0.923. The van der Waals surface area contributed by atoms with E-state index in [4.69, 9.17) is 4.74 Å². The van der Waals surface area contributed by atoms with Gasteiger partial charge in [-0.1, -0.05) is 13.8 Å². The van der Waals surface area contributed by atoms with Gasteiger partial charge in [-0.3, -0.25) is 9.69 Å². The van der Waals surface area contributed by atoms with Crippen LogP contribution in [0.1, 0.15) is 27.2 Å². The molecule has 1 fully saturated rings. The Morgan fingerprint density at radius 3 is 2.29 bits per heavy atom. The molecular formula is C13H26N2O2.